The van der Waals surface area contributed by atoms with E-state index >= 15 is 0 Å². The number of benzene rings is 1. The molecule has 0 aliphatic heterocycles. The highest BCUT2D eigenvalue weighted by Gasteiger charge is 2.33. The molecule has 1 aromatic carbocycles. The summed E-state index contributed by atoms with van der Waals surface area (Å²) in [6.45, 7) is 8.21. The number of rotatable bonds is 19. The van der Waals surface area contributed by atoms with Gasteiger partial charge in [-0.25, -0.2) is 4.79 Å². The second-order valence-corrected chi connectivity index (χ2v) is 11.3. The molecule has 3 N–H and O–H groups in total. The number of carbonyl (C=O) groups excluding carboxylic acids is 5. The number of carboxylic acid groups (broad SMARTS) is 1. The van der Waals surface area contributed by atoms with Crippen LogP contribution in [0.3, 0.4) is 0 Å². The Bertz CT molecular complexity index is 1050. The van der Waals surface area contributed by atoms with Crippen molar-refractivity contribution < 1.29 is 48.1 Å². The van der Waals surface area contributed by atoms with Gasteiger partial charge in [0.05, 0.1) is 18.4 Å². The molecule has 0 saturated carbocycles. The second kappa shape index (κ2) is 17.7. The number of ether oxygens (including phenoxy) is 3. The highest BCUT2D eigenvalue weighted by atomic mass is 16.6. The zero-order valence-electron chi connectivity index (χ0n) is 25.0. The number of nitrogens with zero attached hydrogens (tertiary/aromatic N) is 1. The summed E-state index contributed by atoms with van der Waals surface area (Å²) in [5.74, 6) is -3.32. The molecule has 1 rings (SSSR count). The largest absolute Gasteiger partial charge is 0.481 e. The molecule has 0 aliphatic rings. The van der Waals surface area contributed by atoms with Crippen LogP contribution in [-0.4, -0.2) is 90.6 Å². The number of hydrogen-bond donors (Lipinski definition) is 3. The molecule has 0 aliphatic carbocycles. The van der Waals surface area contributed by atoms with Crippen molar-refractivity contribution in [2.45, 2.75) is 72.1 Å². The highest BCUT2D eigenvalue weighted by molar-refractivity contribution is 5.81. The Balaban J connectivity index is 2.75. The highest BCUT2D eigenvalue weighted by Crippen LogP contribution is 2.20. The molecule has 0 heterocycles. The van der Waals surface area contributed by atoms with Crippen LogP contribution < -0.4 is 10.6 Å². The topological polar surface area (TPSA) is 178 Å². The SMILES string of the molecule is CC(C)(C)OC(=O)[C@H](CCC(=O)NCCN(CC(=O)OCc1ccccc1)CC(C)(C)C(=O)OCCC(=O)O)NC=O. The van der Waals surface area contributed by atoms with E-state index in [9.17, 15) is 28.8 Å². The fraction of sp³-hybridized carbons (Fsp3) is 0.586. The lowest BCUT2D eigenvalue weighted by Gasteiger charge is -2.30. The molecular weight excluding hydrogens is 550 g/mol. The van der Waals surface area contributed by atoms with E-state index in [0.29, 0.717) is 6.41 Å². The molecule has 0 unspecified atom stereocenters. The van der Waals surface area contributed by atoms with Gasteiger partial charge in [0.1, 0.15) is 24.9 Å². The lowest BCUT2D eigenvalue weighted by Crippen LogP contribution is -2.46. The number of carboxylic acids is 1. The number of aliphatic carboxylic acids is 1. The van der Waals surface area contributed by atoms with Gasteiger partial charge in [-0.15, -0.1) is 0 Å². The maximum atomic E-state index is 12.6. The summed E-state index contributed by atoms with van der Waals surface area (Å²) in [6, 6.07) is 8.12. The van der Waals surface area contributed by atoms with Gasteiger partial charge >= 0.3 is 23.9 Å². The average molecular weight is 594 g/mol. The summed E-state index contributed by atoms with van der Waals surface area (Å²) < 4.78 is 15.7. The maximum Gasteiger partial charge on any atom is 0.329 e. The van der Waals surface area contributed by atoms with Crippen molar-refractivity contribution >= 4 is 36.2 Å². The van der Waals surface area contributed by atoms with E-state index in [1.54, 1.807) is 39.5 Å². The first-order valence-electron chi connectivity index (χ1n) is 13.6. The van der Waals surface area contributed by atoms with E-state index in [1.165, 1.54) is 0 Å². The molecule has 1 aromatic rings. The molecule has 0 bridgehead atoms. The number of hydrogen-bond acceptors (Lipinski definition) is 10. The third kappa shape index (κ3) is 15.7. The summed E-state index contributed by atoms with van der Waals surface area (Å²) in [7, 11) is 0. The van der Waals surface area contributed by atoms with Crippen LogP contribution >= 0.6 is 0 Å². The van der Waals surface area contributed by atoms with E-state index in [4.69, 9.17) is 19.3 Å². The average Bonchev–Trinajstić information content (AvgIpc) is 2.88. The molecular formula is C29H43N3O10. The monoisotopic (exact) mass is 593 g/mol. The molecule has 0 fully saturated rings. The number of nitrogens with one attached hydrogen (secondary N) is 2. The first-order valence-corrected chi connectivity index (χ1v) is 13.6. The Morgan fingerprint density at radius 3 is 2.26 bits per heavy atom. The Labute approximate surface area is 246 Å². The van der Waals surface area contributed by atoms with Gasteiger partial charge < -0.3 is 30.0 Å². The van der Waals surface area contributed by atoms with Gasteiger partial charge in [0.2, 0.25) is 12.3 Å². The van der Waals surface area contributed by atoms with E-state index in [1.807, 2.05) is 30.3 Å². The quantitative estimate of drug-likeness (QED) is 0.120. The normalized spacial score (nSPS) is 12.1. The van der Waals surface area contributed by atoms with E-state index in [-0.39, 0.29) is 58.7 Å². The summed E-state index contributed by atoms with van der Waals surface area (Å²) in [5.41, 5.74) is -1.06. The summed E-state index contributed by atoms with van der Waals surface area (Å²) >= 11 is 0. The first kappa shape index (κ1) is 36.0. The van der Waals surface area contributed by atoms with Crippen LogP contribution in [0.5, 0.6) is 0 Å². The molecule has 0 radical (unpaired) electrons. The van der Waals surface area contributed by atoms with Gasteiger partial charge in [0.15, 0.2) is 0 Å². The van der Waals surface area contributed by atoms with Crippen LogP contribution in [0.25, 0.3) is 0 Å². The predicted molar refractivity (Wildman–Crippen MR) is 151 cm³/mol. The smallest absolute Gasteiger partial charge is 0.329 e. The molecule has 13 nitrogen and oxygen atoms in total. The minimum Gasteiger partial charge on any atom is -0.481 e. The summed E-state index contributed by atoms with van der Waals surface area (Å²) in [6.07, 6.45) is -0.0221. The third-order valence-corrected chi connectivity index (χ3v) is 5.69. The van der Waals surface area contributed by atoms with Crippen molar-refractivity contribution in [1.82, 2.24) is 15.5 Å². The standard InChI is InChI=1S/C29H43N3O10/c1-28(2,3)42-26(38)22(31-20-33)11-12-23(34)30-14-15-32(17-25(37)41-18-21-9-7-6-8-10-21)19-29(4,5)27(39)40-16-13-24(35)36/h6-10,20,22H,11-19H2,1-5H3,(H,30,34)(H,31,33)(H,35,36)/t22-/m0/s1. The van der Waals surface area contributed by atoms with Gasteiger partial charge in [0.25, 0.3) is 0 Å². The number of esters is 3. The van der Waals surface area contributed by atoms with Crippen LogP contribution in [0.1, 0.15) is 59.4 Å². The Morgan fingerprint density at radius 1 is 1.00 bits per heavy atom. The Morgan fingerprint density at radius 2 is 1.67 bits per heavy atom. The minimum absolute atomic E-state index is 0.0181. The molecule has 2 amide bonds. The van der Waals surface area contributed by atoms with Crippen molar-refractivity contribution in [2.24, 2.45) is 5.41 Å². The fourth-order valence-electron chi connectivity index (χ4n) is 3.67. The molecule has 0 spiro atoms. The molecule has 13 heteroatoms. The van der Waals surface area contributed by atoms with E-state index in [0.717, 1.165) is 5.56 Å². The van der Waals surface area contributed by atoms with Gasteiger partial charge in [-0.2, -0.15) is 0 Å². The summed E-state index contributed by atoms with van der Waals surface area (Å²) in [4.78, 5) is 73.3. The van der Waals surface area contributed by atoms with Crippen LogP contribution in [0, 0.1) is 5.41 Å². The third-order valence-electron chi connectivity index (χ3n) is 5.69. The number of carbonyl (C=O) groups is 6. The molecule has 234 valence electrons. The van der Waals surface area contributed by atoms with E-state index in [2.05, 4.69) is 10.6 Å². The van der Waals surface area contributed by atoms with Gasteiger partial charge in [0, 0.05) is 26.1 Å². The molecule has 0 saturated heterocycles. The first-order chi connectivity index (χ1) is 19.6. The maximum absolute atomic E-state index is 12.6. The lowest BCUT2D eigenvalue weighted by molar-refractivity contribution is -0.159. The van der Waals surface area contributed by atoms with Crippen LogP contribution in [0.4, 0.5) is 0 Å². The van der Waals surface area contributed by atoms with Gasteiger partial charge in [-0.1, -0.05) is 30.3 Å². The van der Waals surface area contributed by atoms with Crippen molar-refractivity contribution in [3.05, 3.63) is 35.9 Å². The van der Waals surface area contributed by atoms with Crippen molar-refractivity contribution in [3.8, 4) is 0 Å². The van der Waals surface area contributed by atoms with Crippen LogP contribution in [0.15, 0.2) is 30.3 Å². The minimum atomic E-state index is -1.11. The molecule has 42 heavy (non-hydrogen) atoms. The van der Waals surface area contributed by atoms with E-state index < -0.39 is 46.8 Å². The summed E-state index contributed by atoms with van der Waals surface area (Å²) in [5, 5.41) is 13.9. The lowest BCUT2D eigenvalue weighted by atomic mass is 9.93. The predicted octanol–water partition coefficient (Wildman–Crippen LogP) is 1.43. The Hall–Kier alpha value is -4.00. The fourth-order valence-corrected chi connectivity index (χ4v) is 3.67. The van der Waals surface area contributed by atoms with Crippen LogP contribution in [-0.2, 0) is 49.6 Å². The second-order valence-electron chi connectivity index (χ2n) is 11.3. The van der Waals surface area contributed by atoms with Crippen molar-refractivity contribution in [3.63, 3.8) is 0 Å². The van der Waals surface area contributed by atoms with Gasteiger partial charge in [-0.3, -0.25) is 28.9 Å². The molecule has 0 aromatic heterocycles. The number of amides is 2. The zero-order valence-corrected chi connectivity index (χ0v) is 25.0. The van der Waals surface area contributed by atoms with Crippen LogP contribution in [0.2, 0.25) is 0 Å². The van der Waals surface area contributed by atoms with Gasteiger partial charge in [-0.05, 0) is 46.6 Å². The Kier molecular flexibility index (Phi) is 15.2. The zero-order chi connectivity index (χ0) is 31.8. The van der Waals surface area contributed by atoms with Crippen molar-refractivity contribution in [2.75, 3.05) is 32.8 Å². The molecule has 1 atom stereocenters. The van der Waals surface area contributed by atoms with Crippen molar-refractivity contribution in [1.29, 1.82) is 0 Å².